The number of ether oxygens (including phenoxy) is 2. The normalized spacial score (nSPS) is 16.0. The van der Waals surface area contributed by atoms with Crippen LogP contribution in [0, 0.1) is 6.92 Å². The van der Waals surface area contributed by atoms with Crippen LogP contribution in [0.5, 0.6) is 17.2 Å². The van der Waals surface area contributed by atoms with Crippen molar-refractivity contribution in [2.75, 3.05) is 30.8 Å². The Bertz CT molecular complexity index is 1420. The molecule has 0 radical (unpaired) electrons. The Morgan fingerprint density at radius 2 is 1.79 bits per heavy atom. The lowest BCUT2D eigenvalue weighted by Gasteiger charge is -2.30. The van der Waals surface area contributed by atoms with Gasteiger partial charge >= 0.3 is 6.18 Å². The number of nitrogens with zero attached hydrogens (tertiary/aromatic N) is 1. The molecule has 5 rings (SSSR count). The van der Waals surface area contributed by atoms with Gasteiger partial charge in [0.25, 0.3) is 5.91 Å². The lowest BCUT2D eigenvalue weighted by molar-refractivity contribution is -0.139. The van der Waals surface area contributed by atoms with Crippen LogP contribution in [-0.2, 0) is 17.4 Å². The van der Waals surface area contributed by atoms with Crippen molar-refractivity contribution in [2.24, 2.45) is 0 Å². The molecule has 3 aromatic carbocycles. The molecule has 7 nitrogen and oxygen atoms in total. The second kappa shape index (κ2) is 10.6. The first-order chi connectivity index (χ1) is 18.5. The van der Waals surface area contributed by atoms with Gasteiger partial charge in [-0.05, 0) is 80.4 Å². The molecule has 1 fully saturated rings. The zero-order valence-electron chi connectivity index (χ0n) is 21.5. The van der Waals surface area contributed by atoms with Gasteiger partial charge in [0.15, 0.2) is 0 Å². The number of halogens is 3. The second-order valence-corrected chi connectivity index (χ2v) is 9.91. The van der Waals surface area contributed by atoms with E-state index in [4.69, 9.17) is 9.47 Å². The first-order valence-electron chi connectivity index (χ1n) is 12.6. The van der Waals surface area contributed by atoms with E-state index in [0.29, 0.717) is 30.0 Å². The van der Waals surface area contributed by atoms with E-state index < -0.39 is 17.6 Å². The zero-order chi connectivity index (χ0) is 27.7. The fourth-order valence-electron chi connectivity index (χ4n) is 4.67. The molecule has 0 bridgehead atoms. The van der Waals surface area contributed by atoms with Gasteiger partial charge in [0.2, 0.25) is 5.91 Å². The number of amides is 2. The number of hydrogen-bond acceptors (Lipinski definition) is 5. The molecule has 2 heterocycles. The van der Waals surface area contributed by atoms with Gasteiger partial charge in [-0.3, -0.25) is 9.59 Å². The highest BCUT2D eigenvalue weighted by molar-refractivity contribution is 6.04. The van der Waals surface area contributed by atoms with E-state index >= 15 is 0 Å². The number of alkyl halides is 3. The number of benzene rings is 3. The molecule has 2 aliphatic rings. The lowest BCUT2D eigenvalue weighted by Crippen LogP contribution is -2.36. The molecule has 204 valence electrons. The molecule has 0 spiro atoms. The van der Waals surface area contributed by atoms with Crippen molar-refractivity contribution in [1.29, 1.82) is 0 Å². The average molecular weight is 540 g/mol. The Morgan fingerprint density at radius 3 is 2.54 bits per heavy atom. The second-order valence-electron chi connectivity index (χ2n) is 9.91. The number of carbonyl (C=O) groups excluding carboxylic acids is 2. The predicted octanol–water partition coefficient (Wildman–Crippen LogP) is 6.03. The van der Waals surface area contributed by atoms with E-state index in [1.165, 1.54) is 12.1 Å². The van der Waals surface area contributed by atoms with Crippen LogP contribution in [0.15, 0.2) is 54.6 Å². The van der Waals surface area contributed by atoms with Crippen LogP contribution in [0.25, 0.3) is 0 Å². The van der Waals surface area contributed by atoms with Crippen LogP contribution < -0.4 is 20.1 Å². The monoisotopic (exact) mass is 539 g/mol. The molecule has 0 aliphatic carbocycles. The van der Waals surface area contributed by atoms with Gasteiger partial charge in [-0.1, -0.05) is 6.07 Å². The van der Waals surface area contributed by atoms with Gasteiger partial charge in [-0.2, -0.15) is 13.2 Å². The number of likely N-dealkylation sites (tertiary alicyclic amines) is 1. The fraction of sp³-hybridized carbons (Fsp3) is 0.310. The van der Waals surface area contributed by atoms with Crippen LogP contribution in [0.1, 0.15) is 39.9 Å². The number of carbonyl (C=O) groups is 2. The molecule has 0 saturated carbocycles. The summed E-state index contributed by atoms with van der Waals surface area (Å²) in [5.41, 5.74) is 1.59. The summed E-state index contributed by atoms with van der Waals surface area (Å²) < 4.78 is 53.4. The van der Waals surface area contributed by atoms with Crippen LogP contribution >= 0.6 is 0 Å². The van der Waals surface area contributed by atoms with E-state index in [9.17, 15) is 22.8 Å². The van der Waals surface area contributed by atoms with Crippen LogP contribution in [0.3, 0.4) is 0 Å². The molecular weight excluding hydrogens is 511 g/mol. The Labute approximate surface area is 223 Å². The Balaban J connectivity index is 1.32. The molecule has 2 aliphatic heterocycles. The van der Waals surface area contributed by atoms with E-state index in [-0.39, 0.29) is 29.7 Å². The van der Waals surface area contributed by atoms with Gasteiger partial charge < -0.3 is 25.0 Å². The number of piperidine rings is 1. The van der Waals surface area contributed by atoms with Crippen molar-refractivity contribution in [3.63, 3.8) is 0 Å². The summed E-state index contributed by atoms with van der Waals surface area (Å²) in [7, 11) is 1.96. The third kappa shape index (κ3) is 6.17. The van der Waals surface area contributed by atoms with Crippen LogP contribution in [-0.4, -0.2) is 43.0 Å². The maximum absolute atomic E-state index is 13.9. The van der Waals surface area contributed by atoms with Gasteiger partial charge in [0.05, 0.1) is 12.0 Å². The Morgan fingerprint density at radius 1 is 1.03 bits per heavy atom. The van der Waals surface area contributed by atoms with Gasteiger partial charge in [0, 0.05) is 36.1 Å². The maximum atomic E-state index is 13.9. The van der Waals surface area contributed by atoms with Crippen LogP contribution in [0.4, 0.5) is 24.5 Å². The molecule has 2 amide bonds. The first-order valence-corrected chi connectivity index (χ1v) is 12.6. The lowest BCUT2D eigenvalue weighted by atomic mass is 10.1. The number of rotatable bonds is 6. The summed E-state index contributed by atoms with van der Waals surface area (Å²) in [5, 5.41) is 5.42. The highest BCUT2D eigenvalue weighted by Crippen LogP contribution is 2.38. The minimum atomic E-state index is -4.68. The molecule has 1 saturated heterocycles. The highest BCUT2D eigenvalue weighted by atomic mass is 19.4. The quantitative estimate of drug-likeness (QED) is 0.400. The van der Waals surface area contributed by atoms with Crippen molar-refractivity contribution in [3.8, 4) is 17.2 Å². The van der Waals surface area contributed by atoms with Crippen LogP contribution in [0.2, 0.25) is 0 Å². The standard InChI is InChI=1S/C29H28F3N3O4/c1-17-3-5-20(16-26(17)39-22-6-7-24-19(13-22)15-27(36)34-24)33-28(37)18-4-8-25(23(14-18)29(30,31)32)38-21-9-11-35(2)12-10-21/h3-8,13-14,16,21H,9-12,15H2,1-2H3,(H,33,37)(H,34,36). The first kappa shape index (κ1) is 26.6. The highest BCUT2D eigenvalue weighted by Gasteiger charge is 2.36. The largest absolute Gasteiger partial charge is 0.490 e. The summed E-state index contributed by atoms with van der Waals surface area (Å²) in [6.07, 6.45) is -3.46. The maximum Gasteiger partial charge on any atom is 0.419 e. The number of nitrogens with one attached hydrogen (secondary N) is 2. The number of hydrogen-bond donors (Lipinski definition) is 2. The summed E-state index contributed by atoms with van der Waals surface area (Å²) in [4.78, 5) is 26.7. The van der Waals surface area contributed by atoms with E-state index in [2.05, 4.69) is 15.5 Å². The number of aryl methyl sites for hydroxylation is 1. The average Bonchev–Trinajstić information content (AvgIpc) is 3.26. The SMILES string of the molecule is Cc1ccc(NC(=O)c2ccc(OC3CCN(C)CC3)c(C(F)(F)F)c2)cc1Oc1ccc2c(c1)CC(=O)N2. The molecule has 3 aromatic rings. The molecule has 0 atom stereocenters. The molecular formula is C29H28F3N3O4. The Hall–Kier alpha value is -4.05. The summed E-state index contributed by atoms with van der Waals surface area (Å²) in [6, 6.07) is 13.6. The fourth-order valence-corrected chi connectivity index (χ4v) is 4.67. The smallest absolute Gasteiger partial charge is 0.419 e. The van der Waals surface area contributed by atoms with Crippen molar-refractivity contribution in [1.82, 2.24) is 4.90 Å². The molecule has 2 N–H and O–H groups in total. The minimum Gasteiger partial charge on any atom is -0.490 e. The van der Waals surface area contributed by atoms with Crippen molar-refractivity contribution < 1.29 is 32.2 Å². The molecule has 39 heavy (non-hydrogen) atoms. The van der Waals surface area contributed by atoms with Crippen molar-refractivity contribution >= 4 is 23.2 Å². The summed E-state index contributed by atoms with van der Waals surface area (Å²) in [6.45, 7) is 3.33. The predicted molar refractivity (Wildman–Crippen MR) is 141 cm³/mol. The van der Waals surface area contributed by atoms with Gasteiger partial charge in [-0.15, -0.1) is 0 Å². The summed E-state index contributed by atoms with van der Waals surface area (Å²) in [5.74, 6) is -0.0676. The van der Waals surface area contributed by atoms with Gasteiger partial charge in [0.1, 0.15) is 23.4 Å². The molecule has 0 unspecified atom stereocenters. The third-order valence-corrected chi connectivity index (χ3v) is 6.88. The van der Waals surface area contributed by atoms with E-state index in [0.717, 1.165) is 36.0 Å². The molecule has 0 aromatic heterocycles. The molecule has 10 heteroatoms. The van der Waals surface area contributed by atoms with Crippen molar-refractivity contribution in [2.45, 2.75) is 38.5 Å². The van der Waals surface area contributed by atoms with Gasteiger partial charge in [-0.25, -0.2) is 0 Å². The number of fused-ring (bicyclic) bond motifs is 1. The van der Waals surface area contributed by atoms with E-state index in [1.54, 1.807) is 36.4 Å². The summed E-state index contributed by atoms with van der Waals surface area (Å²) >= 11 is 0. The zero-order valence-corrected chi connectivity index (χ0v) is 21.5. The van der Waals surface area contributed by atoms with Crippen molar-refractivity contribution in [3.05, 3.63) is 76.9 Å². The third-order valence-electron chi connectivity index (χ3n) is 6.88. The minimum absolute atomic E-state index is 0.0851. The topological polar surface area (TPSA) is 79.9 Å². The van der Waals surface area contributed by atoms with E-state index in [1.807, 2.05) is 14.0 Å². The number of anilines is 2. The Kier molecular flexibility index (Phi) is 7.22.